The molecule has 1 atom stereocenters. The molecular weight excluding hydrogens is 217 g/mol. The lowest BCUT2D eigenvalue weighted by atomic mass is 9.93. The van der Waals surface area contributed by atoms with Gasteiger partial charge in [-0.05, 0) is 12.5 Å². The van der Waals surface area contributed by atoms with Gasteiger partial charge in [-0.1, -0.05) is 33.6 Å². The maximum Gasteiger partial charge on any atom is 0.401 e. The van der Waals surface area contributed by atoms with Crippen LogP contribution in [0.5, 0.6) is 0 Å². The third-order valence-electron chi connectivity index (χ3n) is 3.09. The summed E-state index contributed by atoms with van der Waals surface area (Å²) in [4.78, 5) is 1.44. The van der Waals surface area contributed by atoms with Gasteiger partial charge in [0.15, 0.2) is 0 Å². The van der Waals surface area contributed by atoms with Crippen LogP contribution in [0.2, 0.25) is 0 Å². The molecule has 0 aliphatic rings. The first-order valence-electron chi connectivity index (χ1n) is 5.90. The topological polar surface area (TPSA) is 29.3 Å². The zero-order valence-corrected chi connectivity index (χ0v) is 10.3. The quantitative estimate of drug-likeness (QED) is 0.741. The summed E-state index contributed by atoms with van der Waals surface area (Å²) in [5, 5.41) is 0. The Hall–Kier alpha value is -0.290. The SMILES string of the molecule is CCC(CC)C(CN)N(CC)CC(F)(F)F. The molecule has 0 radical (unpaired) electrons. The summed E-state index contributed by atoms with van der Waals surface area (Å²) in [5.41, 5.74) is 5.61. The molecular formula is C11H23F3N2. The molecule has 0 saturated heterocycles. The van der Waals surface area contributed by atoms with Gasteiger partial charge in [0.2, 0.25) is 0 Å². The van der Waals surface area contributed by atoms with Gasteiger partial charge in [-0.2, -0.15) is 13.2 Å². The van der Waals surface area contributed by atoms with Crippen LogP contribution >= 0.6 is 0 Å². The first-order valence-corrected chi connectivity index (χ1v) is 5.90. The normalized spacial score (nSPS) is 14.8. The number of alkyl halides is 3. The van der Waals surface area contributed by atoms with Gasteiger partial charge >= 0.3 is 6.18 Å². The molecule has 0 aliphatic heterocycles. The van der Waals surface area contributed by atoms with E-state index in [4.69, 9.17) is 5.73 Å². The average Bonchev–Trinajstić information content (AvgIpc) is 2.21. The molecule has 2 N–H and O–H groups in total. The monoisotopic (exact) mass is 240 g/mol. The summed E-state index contributed by atoms with van der Waals surface area (Å²) in [5.74, 6) is 0.243. The lowest BCUT2D eigenvalue weighted by Crippen LogP contribution is -2.49. The van der Waals surface area contributed by atoms with E-state index in [0.717, 1.165) is 12.8 Å². The zero-order valence-electron chi connectivity index (χ0n) is 10.3. The van der Waals surface area contributed by atoms with Gasteiger partial charge in [0, 0.05) is 12.6 Å². The molecule has 0 fully saturated rings. The van der Waals surface area contributed by atoms with Gasteiger partial charge in [0.1, 0.15) is 0 Å². The first-order chi connectivity index (χ1) is 7.39. The summed E-state index contributed by atoms with van der Waals surface area (Å²) in [7, 11) is 0. The van der Waals surface area contributed by atoms with E-state index < -0.39 is 12.7 Å². The Bertz CT molecular complexity index is 179. The number of nitrogens with zero attached hydrogens (tertiary/aromatic N) is 1. The van der Waals surface area contributed by atoms with Crippen molar-refractivity contribution in [2.75, 3.05) is 19.6 Å². The molecule has 2 nitrogen and oxygen atoms in total. The third-order valence-corrected chi connectivity index (χ3v) is 3.09. The van der Waals surface area contributed by atoms with E-state index >= 15 is 0 Å². The molecule has 0 aliphatic carbocycles. The van der Waals surface area contributed by atoms with Crippen LogP contribution < -0.4 is 5.73 Å². The number of nitrogens with two attached hydrogens (primary N) is 1. The Balaban J connectivity index is 4.61. The minimum atomic E-state index is -4.14. The van der Waals surface area contributed by atoms with Gasteiger partial charge in [0.05, 0.1) is 6.54 Å². The van der Waals surface area contributed by atoms with Crippen LogP contribution in [-0.4, -0.2) is 36.8 Å². The fourth-order valence-electron chi connectivity index (χ4n) is 2.17. The Morgan fingerprint density at radius 1 is 1.12 bits per heavy atom. The molecule has 0 spiro atoms. The predicted molar refractivity (Wildman–Crippen MR) is 60.2 cm³/mol. The van der Waals surface area contributed by atoms with Crippen molar-refractivity contribution in [1.29, 1.82) is 0 Å². The maximum atomic E-state index is 12.4. The van der Waals surface area contributed by atoms with Crippen molar-refractivity contribution in [1.82, 2.24) is 4.90 Å². The third kappa shape index (κ3) is 5.16. The number of hydrogen-bond acceptors (Lipinski definition) is 2. The van der Waals surface area contributed by atoms with Gasteiger partial charge in [-0.3, -0.25) is 4.90 Å². The number of halogens is 3. The van der Waals surface area contributed by atoms with Crippen LogP contribution in [0, 0.1) is 5.92 Å². The van der Waals surface area contributed by atoms with E-state index in [-0.39, 0.29) is 18.5 Å². The second-order valence-electron chi connectivity index (χ2n) is 4.06. The van der Waals surface area contributed by atoms with Crippen molar-refractivity contribution >= 4 is 0 Å². The summed E-state index contributed by atoms with van der Waals surface area (Å²) < 4.78 is 37.1. The smallest absolute Gasteiger partial charge is 0.329 e. The van der Waals surface area contributed by atoms with E-state index in [1.807, 2.05) is 13.8 Å². The van der Waals surface area contributed by atoms with E-state index in [9.17, 15) is 13.2 Å². The summed E-state index contributed by atoms with van der Waals surface area (Å²) in [6.07, 6.45) is -2.41. The number of likely N-dealkylation sites (N-methyl/N-ethyl adjacent to an activating group) is 1. The largest absolute Gasteiger partial charge is 0.401 e. The molecule has 0 amide bonds. The van der Waals surface area contributed by atoms with Crippen molar-refractivity contribution in [3.63, 3.8) is 0 Å². The number of rotatable bonds is 7. The average molecular weight is 240 g/mol. The molecule has 16 heavy (non-hydrogen) atoms. The van der Waals surface area contributed by atoms with E-state index in [1.54, 1.807) is 6.92 Å². The Labute approximate surface area is 96.0 Å². The Kier molecular flexibility index (Phi) is 6.99. The van der Waals surface area contributed by atoms with Crippen molar-refractivity contribution in [2.45, 2.75) is 45.8 Å². The highest BCUT2D eigenvalue weighted by molar-refractivity contribution is 4.80. The molecule has 1 unspecified atom stereocenters. The van der Waals surface area contributed by atoms with Crippen LogP contribution in [0.4, 0.5) is 13.2 Å². The molecule has 5 heteroatoms. The standard InChI is InChI=1S/C11H23F3N2/c1-4-9(5-2)10(7-15)16(6-3)8-11(12,13)14/h9-10H,4-8,15H2,1-3H3. The number of hydrogen-bond donors (Lipinski definition) is 1. The molecule has 0 rings (SSSR count). The zero-order chi connectivity index (χ0) is 12.8. The van der Waals surface area contributed by atoms with Gasteiger partial charge in [0.25, 0.3) is 0 Å². The molecule has 98 valence electrons. The highest BCUT2D eigenvalue weighted by Crippen LogP contribution is 2.23. The first kappa shape index (κ1) is 15.7. The Morgan fingerprint density at radius 2 is 1.62 bits per heavy atom. The second kappa shape index (κ2) is 7.12. The lowest BCUT2D eigenvalue weighted by Gasteiger charge is -2.35. The van der Waals surface area contributed by atoms with Crippen LogP contribution in [0.3, 0.4) is 0 Å². The van der Waals surface area contributed by atoms with Crippen LogP contribution in [0.25, 0.3) is 0 Å². The fraction of sp³-hybridized carbons (Fsp3) is 1.00. The molecule has 0 aromatic carbocycles. The summed E-state index contributed by atoms with van der Waals surface area (Å²) in [6, 6.07) is -0.165. The molecule has 0 aromatic rings. The van der Waals surface area contributed by atoms with Crippen molar-refractivity contribution in [3.8, 4) is 0 Å². The maximum absolute atomic E-state index is 12.4. The fourth-order valence-corrected chi connectivity index (χ4v) is 2.17. The van der Waals surface area contributed by atoms with E-state index in [0.29, 0.717) is 6.54 Å². The molecule has 0 heterocycles. The van der Waals surface area contributed by atoms with Crippen LogP contribution in [0.1, 0.15) is 33.6 Å². The highest BCUT2D eigenvalue weighted by Gasteiger charge is 2.34. The van der Waals surface area contributed by atoms with Gasteiger partial charge in [-0.25, -0.2) is 0 Å². The van der Waals surface area contributed by atoms with E-state index in [1.165, 1.54) is 4.90 Å². The molecule has 0 bridgehead atoms. The lowest BCUT2D eigenvalue weighted by molar-refractivity contribution is -0.152. The van der Waals surface area contributed by atoms with E-state index in [2.05, 4.69) is 0 Å². The van der Waals surface area contributed by atoms with Crippen molar-refractivity contribution in [2.24, 2.45) is 11.7 Å². The minimum absolute atomic E-state index is 0.165. The van der Waals surface area contributed by atoms with Gasteiger partial charge in [-0.15, -0.1) is 0 Å². The van der Waals surface area contributed by atoms with Gasteiger partial charge < -0.3 is 5.73 Å². The van der Waals surface area contributed by atoms with Crippen LogP contribution in [0.15, 0.2) is 0 Å². The highest BCUT2D eigenvalue weighted by atomic mass is 19.4. The minimum Gasteiger partial charge on any atom is -0.329 e. The predicted octanol–water partition coefficient (Wildman–Crippen LogP) is 2.63. The summed E-state index contributed by atoms with van der Waals surface area (Å²) >= 11 is 0. The second-order valence-corrected chi connectivity index (χ2v) is 4.06. The molecule has 0 aromatic heterocycles. The van der Waals surface area contributed by atoms with Crippen molar-refractivity contribution < 1.29 is 13.2 Å². The Morgan fingerprint density at radius 3 is 1.88 bits per heavy atom. The molecule has 0 saturated carbocycles. The van der Waals surface area contributed by atoms with Crippen LogP contribution in [-0.2, 0) is 0 Å². The van der Waals surface area contributed by atoms with Crippen molar-refractivity contribution in [3.05, 3.63) is 0 Å². The summed E-state index contributed by atoms with van der Waals surface area (Å²) in [6.45, 7) is 5.56.